The molecule has 1 aromatic carbocycles. The lowest BCUT2D eigenvalue weighted by Gasteiger charge is -2.33. The second kappa shape index (κ2) is 6.18. The van der Waals surface area contributed by atoms with Gasteiger partial charge in [0.2, 0.25) is 0 Å². The minimum atomic E-state index is -0.635. The molecule has 0 fully saturated rings. The molecule has 6 heteroatoms. The van der Waals surface area contributed by atoms with Crippen LogP contribution in [0, 0.1) is 6.92 Å². The highest BCUT2D eigenvalue weighted by Gasteiger charge is 2.46. The molecule has 3 aromatic rings. The summed E-state index contributed by atoms with van der Waals surface area (Å²) in [5, 5.41) is 4.14. The van der Waals surface area contributed by atoms with Crippen LogP contribution in [0.3, 0.4) is 0 Å². The predicted molar refractivity (Wildman–Crippen MR) is 102 cm³/mol. The van der Waals surface area contributed by atoms with Crippen LogP contribution in [0.2, 0.25) is 5.02 Å². The lowest BCUT2D eigenvalue weighted by atomic mass is 9.79. The Morgan fingerprint density at radius 1 is 1.16 bits per heavy atom. The van der Waals surface area contributed by atoms with Crippen LogP contribution in [-0.4, -0.2) is 9.97 Å². The fourth-order valence-corrected chi connectivity index (χ4v) is 4.08. The topological polar surface area (TPSA) is 63.8 Å². The molecule has 0 saturated heterocycles. The molecule has 3 N–H and O–H groups in total. The number of nitrogens with one attached hydrogen (secondary N) is 1. The van der Waals surface area contributed by atoms with E-state index in [1.165, 1.54) is 0 Å². The van der Waals surface area contributed by atoms with Gasteiger partial charge in [-0.15, -0.1) is 0 Å². The van der Waals surface area contributed by atoms with Crippen LogP contribution in [0.15, 0.2) is 59.3 Å². The van der Waals surface area contributed by atoms with Crippen LogP contribution in [0.1, 0.15) is 34.2 Å². The molecule has 0 amide bonds. The third kappa shape index (κ3) is 2.68. The van der Waals surface area contributed by atoms with Gasteiger partial charge in [0.15, 0.2) is 0 Å². The summed E-state index contributed by atoms with van der Waals surface area (Å²) < 4.78 is 0.994. The number of pyridine rings is 2. The molecule has 1 aliphatic heterocycles. The molecule has 3 heterocycles. The quantitative estimate of drug-likeness (QED) is 0.663. The maximum absolute atomic E-state index is 6.38. The molecule has 0 saturated carbocycles. The summed E-state index contributed by atoms with van der Waals surface area (Å²) >= 11 is 9.86. The van der Waals surface area contributed by atoms with Crippen LogP contribution in [0.4, 0.5) is 0 Å². The maximum Gasteiger partial charge on any atom is 0.100 e. The molecule has 25 heavy (non-hydrogen) atoms. The smallest absolute Gasteiger partial charge is 0.100 e. The summed E-state index contributed by atoms with van der Waals surface area (Å²) in [7, 11) is 0. The molecule has 4 nitrogen and oxygen atoms in total. The number of aryl methyl sites for hydroxylation is 1. The number of nitrogens with two attached hydrogens (primary N) is 1. The van der Waals surface area contributed by atoms with Crippen molar-refractivity contribution in [1.82, 2.24) is 15.3 Å². The van der Waals surface area contributed by atoms with E-state index in [-0.39, 0.29) is 6.17 Å². The normalized spacial score (nSPS) is 22.0. The SMILES string of the molecule is Cc1cc(C2(c3cccc(Br)c3)NC(N)c3ncc(Cl)cc32)ccn1. The fourth-order valence-electron chi connectivity index (χ4n) is 3.52. The van der Waals surface area contributed by atoms with Gasteiger partial charge in [0.1, 0.15) is 6.17 Å². The van der Waals surface area contributed by atoms with Gasteiger partial charge in [0.25, 0.3) is 0 Å². The first-order valence-corrected chi connectivity index (χ1v) is 9.06. The van der Waals surface area contributed by atoms with Gasteiger partial charge >= 0.3 is 0 Å². The first-order chi connectivity index (χ1) is 12.0. The minimum absolute atomic E-state index is 0.389. The largest absolute Gasteiger partial charge is 0.311 e. The van der Waals surface area contributed by atoms with Crippen molar-refractivity contribution in [2.24, 2.45) is 5.73 Å². The van der Waals surface area contributed by atoms with Crippen molar-refractivity contribution in [2.45, 2.75) is 18.6 Å². The van der Waals surface area contributed by atoms with Gasteiger partial charge in [0, 0.05) is 28.1 Å². The zero-order chi connectivity index (χ0) is 17.6. The Balaban J connectivity index is 2.07. The highest BCUT2D eigenvalue weighted by atomic mass is 79.9. The Morgan fingerprint density at radius 3 is 2.72 bits per heavy atom. The first kappa shape index (κ1) is 16.7. The summed E-state index contributed by atoms with van der Waals surface area (Å²) in [6.07, 6.45) is 3.06. The molecule has 2 unspecified atom stereocenters. The fraction of sp³-hybridized carbons (Fsp3) is 0.158. The Morgan fingerprint density at radius 2 is 1.96 bits per heavy atom. The molecule has 0 spiro atoms. The summed E-state index contributed by atoms with van der Waals surface area (Å²) in [5.74, 6) is 0. The van der Waals surface area contributed by atoms with Gasteiger partial charge in [-0.05, 0) is 48.4 Å². The van der Waals surface area contributed by atoms with Crippen molar-refractivity contribution in [3.8, 4) is 0 Å². The first-order valence-electron chi connectivity index (χ1n) is 7.89. The van der Waals surface area contributed by atoms with Crippen molar-refractivity contribution >= 4 is 27.5 Å². The highest BCUT2D eigenvalue weighted by molar-refractivity contribution is 9.10. The van der Waals surface area contributed by atoms with Crippen LogP contribution in [0.5, 0.6) is 0 Å². The predicted octanol–water partition coefficient (Wildman–Crippen LogP) is 4.05. The lowest BCUT2D eigenvalue weighted by molar-refractivity contribution is 0.453. The Hall–Kier alpha value is -1.79. The standard InChI is InChI=1S/C19H16BrClN4/c1-11-7-13(5-6-23-11)19(12-3-2-4-14(20)8-12)16-9-15(21)10-24-17(16)18(22)25-19/h2-10,18,25H,22H2,1H3. The van der Waals surface area contributed by atoms with E-state index in [0.717, 1.165) is 32.6 Å². The highest BCUT2D eigenvalue weighted by Crippen LogP contribution is 2.45. The molecule has 1 aliphatic rings. The van der Waals surface area contributed by atoms with E-state index < -0.39 is 5.54 Å². The van der Waals surface area contributed by atoms with Gasteiger partial charge < -0.3 is 5.73 Å². The van der Waals surface area contributed by atoms with Gasteiger partial charge in [-0.3, -0.25) is 15.3 Å². The molecule has 2 aromatic heterocycles. The zero-order valence-corrected chi connectivity index (χ0v) is 15.8. The van der Waals surface area contributed by atoms with Crippen LogP contribution < -0.4 is 11.1 Å². The third-order valence-corrected chi connectivity index (χ3v) is 5.24. The average molecular weight is 416 g/mol. The van der Waals surface area contributed by atoms with E-state index in [4.69, 9.17) is 17.3 Å². The monoisotopic (exact) mass is 414 g/mol. The summed E-state index contributed by atoms with van der Waals surface area (Å²) in [6.45, 7) is 1.98. The number of benzene rings is 1. The summed E-state index contributed by atoms with van der Waals surface area (Å²) in [4.78, 5) is 8.82. The van der Waals surface area contributed by atoms with Gasteiger partial charge in [0.05, 0.1) is 16.3 Å². The van der Waals surface area contributed by atoms with Gasteiger partial charge in [-0.25, -0.2) is 0 Å². The number of hydrogen-bond donors (Lipinski definition) is 2. The third-order valence-electron chi connectivity index (χ3n) is 4.54. The van der Waals surface area contributed by atoms with E-state index in [9.17, 15) is 0 Å². The van der Waals surface area contributed by atoms with Crippen molar-refractivity contribution in [2.75, 3.05) is 0 Å². The second-order valence-corrected chi connectivity index (χ2v) is 7.51. The number of fused-ring (bicyclic) bond motifs is 1. The van der Waals surface area contributed by atoms with Gasteiger partial charge in [-0.1, -0.05) is 39.7 Å². The molecule has 0 radical (unpaired) electrons. The van der Waals surface area contributed by atoms with Crippen molar-refractivity contribution in [3.05, 3.63) is 92.4 Å². The summed E-state index contributed by atoms with van der Waals surface area (Å²) in [5.41, 5.74) is 10.6. The number of hydrogen-bond acceptors (Lipinski definition) is 4. The average Bonchev–Trinajstić information content (AvgIpc) is 2.88. The summed E-state index contributed by atoms with van der Waals surface area (Å²) in [6, 6.07) is 14.2. The molecule has 2 atom stereocenters. The number of rotatable bonds is 2. The number of halogens is 2. The van der Waals surface area contributed by atoms with Crippen molar-refractivity contribution in [1.29, 1.82) is 0 Å². The van der Waals surface area contributed by atoms with Crippen molar-refractivity contribution < 1.29 is 0 Å². The molecular weight excluding hydrogens is 400 g/mol. The molecule has 0 aliphatic carbocycles. The molecule has 126 valence electrons. The molecule has 4 rings (SSSR count). The van der Waals surface area contributed by atoms with E-state index in [0.29, 0.717) is 5.02 Å². The second-order valence-electron chi connectivity index (χ2n) is 6.15. The molecule has 0 bridgehead atoms. The van der Waals surface area contributed by atoms with E-state index in [2.05, 4.69) is 49.4 Å². The Kier molecular flexibility index (Phi) is 4.12. The molecular formula is C19H16BrClN4. The lowest BCUT2D eigenvalue weighted by Crippen LogP contribution is -2.42. The van der Waals surface area contributed by atoms with E-state index in [1.807, 2.05) is 37.4 Å². The maximum atomic E-state index is 6.38. The Labute approximate surface area is 159 Å². The van der Waals surface area contributed by atoms with E-state index in [1.54, 1.807) is 6.20 Å². The Bertz CT molecular complexity index is 914. The number of aromatic nitrogens is 2. The van der Waals surface area contributed by atoms with Crippen LogP contribution in [-0.2, 0) is 5.54 Å². The zero-order valence-electron chi connectivity index (χ0n) is 13.5. The minimum Gasteiger partial charge on any atom is -0.311 e. The van der Waals surface area contributed by atoms with Crippen LogP contribution >= 0.6 is 27.5 Å². The number of nitrogens with zero attached hydrogens (tertiary/aromatic N) is 2. The van der Waals surface area contributed by atoms with Crippen molar-refractivity contribution in [3.63, 3.8) is 0 Å². The van der Waals surface area contributed by atoms with Crippen LogP contribution in [0.25, 0.3) is 0 Å². The van der Waals surface area contributed by atoms with E-state index >= 15 is 0 Å². The van der Waals surface area contributed by atoms with Gasteiger partial charge in [-0.2, -0.15) is 0 Å².